The van der Waals surface area contributed by atoms with Crippen LogP contribution in [-0.4, -0.2) is 25.7 Å². The van der Waals surface area contributed by atoms with E-state index in [9.17, 15) is 4.79 Å². The second-order valence-electron chi connectivity index (χ2n) is 4.73. The van der Waals surface area contributed by atoms with Gasteiger partial charge in [0, 0.05) is 0 Å². The van der Waals surface area contributed by atoms with Crippen molar-refractivity contribution in [2.45, 2.75) is 39.5 Å². The second kappa shape index (κ2) is 6.83. The van der Waals surface area contributed by atoms with Gasteiger partial charge in [-0.2, -0.15) is 0 Å². The van der Waals surface area contributed by atoms with Crippen molar-refractivity contribution in [3.63, 3.8) is 0 Å². The molecule has 0 aromatic heterocycles. The van der Waals surface area contributed by atoms with Crippen molar-refractivity contribution in [2.75, 3.05) is 19.7 Å². The molecule has 1 aliphatic heterocycles. The maximum absolute atomic E-state index is 11.6. The van der Waals surface area contributed by atoms with Crippen LogP contribution in [0.2, 0.25) is 0 Å². The topological polar surface area (TPSA) is 38.3 Å². The zero-order valence-electron chi connectivity index (χ0n) is 9.92. The number of piperidine rings is 1. The molecule has 1 N–H and O–H groups in total. The zero-order chi connectivity index (χ0) is 11.1. The molecule has 1 aliphatic rings. The van der Waals surface area contributed by atoms with Crippen molar-refractivity contribution >= 4 is 5.97 Å². The van der Waals surface area contributed by atoms with Crippen LogP contribution in [0.15, 0.2) is 0 Å². The third-order valence-corrected chi connectivity index (χ3v) is 2.84. The van der Waals surface area contributed by atoms with E-state index in [0.29, 0.717) is 12.5 Å². The summed E-state index contributed by atoms with van der Waals surface area (Å²) in [7, 11) is 0. The van der Waals surface area contributed by atoms with Crippen LogP contribution in [0.25, 0.3) is 0 Å². The molecule has 3 nitrogen and oxygen atoms in total. The number of hydrogen-bond acceptors (Lipinski definition) is 3. The molecular formula is C12H23NO2. The summed E-state index contributed by atoms with van der Waals surface area (Å²) in [5.74, 6) is 0.855. The summed E-state index contributed by atoms with van der Waals surface area (Å²) in [5, 5.41) is 3.24. The lowest BCUT2D eigenvalue weighted by atomic mass is 9.98. The van der Waals surface area contributed by atoms with Gasteiger partial charge in [-0.3, -0.25) is 4.79 Å². The Morgan fingerprint density at radius 2 is 2.07 bits per heavy atom. The zero-order valence-corrected chi connectivity index (χ0v) is 9.92. The van der Waals surface area contributed by atoms with Gasteiger partial charge in [-0.25, -0.2) is 0 Å². The van der Waals surface area contributed by atoms with E-state index in [1.54, 1.807) is 0 Å². The van der Waals surface area contributed by atoms with Gasteiger partial charge in [0.2, 0.25) is 0 Å². The van der Waals surface area contributed by atoms with E-state index in [1.807, 2.05) is 0 Å². The SMILES string of the molecule is CC(C)CCCOC(=O)C1CCNCC1. The Labute approximate surface area is 92.6 Å². The molecule has 3 heteroatoms. The lowest BCUT2D eigenvalue weighted by Gasteiger charge is -2.21. The third-order valence-electron chi connectivity index (χ3n) is 2.84. The van der Waals surface area contributed by atoms with Crippen LogP contribution < -0.4 is 5.32 Å². The maximum Gasteiger partial charge on any atom is 0.309 e. The lowest BCUT2D eigenvalue weighted by molar-refractivity contribution is -0.149. The molecule has 0 spiro atoms. The van der Waals surface area contributed by atoms with Crippen LogP contribution in [-0.2, 0) is 9.53 Å². The number of nitrogens with one attached hydrogen (secondary N) is 1. The van der Waals surface area contributed by atoms with Gasteiger partial charge in [0.1, 0.15) is 0 Å². The first-order valence-electron chi connectivity index (χ1n) is 6.07. The van der Waals surface area contributed by atoms with Gasteiger partial charge in [0.25, 0.3) is 0 Å². The Bertz CT molecular complexity index is 186. The first-order valence-corrected chi connectivity index (χ1v) is 6.07. The third kappa shape index (κ3) is 5.17. The Balaban J connectivity index is 2.07. The number of hydrogen-bond donors (Lipinski definition) is 1. The fraction of sp³-hybridized carbons (Fsp3) is 0.917. The number of ether oxygens (including phenoxy) is 1. The molecule has 0 atom stereocenters. The van der Waals surface area contributed by atoms with Crippen LogP contribution in [0.1, 0.15) is 39.5 Å². The Hall–Kier alpha value is -0.570. The fourth-order valence-electron chi connectivity index (χ4n) is 1.84. The van der Waals surface area contributed by atoms with Crippen molar-refractivity contribution in [2.24, 2.45) is 11.8 Å². The summed E-state index contributed by atoms with van der Waals surface area (Å²) < 4.78 is 5.27. The van der Waals surface area contributed by atoms with Crippen LogP contribution >= 0.6 is 0 Å². The molecule has 0 bridgehead atoms. The molecule has 0 aromatic rings. The van der Waals surface area contributed by atoms with Gasteiger partial charge in [-0.15, -0.1) is 0 Å². The van der Waals surface area contributed by atoms with Crippen molar-refractivity contribution in [3.8, 4) is 0 Å². The van der Waals surface area contributed by atoms with Crippen molar-refractivity contribution in [1.29, 1.82) is 0 Å². The van der Waals surface area contributed by atoms with E-state index in [2.05, 4.69) is 19.2 Å². The molecule has 1 fully saturated rings. The van der Waals surface area contributed by atoms with Gasteiger partial charge in [0.15, 0.2) is 0 Å². The fourth-order valence-corrected chi connectivity index (χ4v) is 1.84. The average molecular weight is 213 g/mol. The summed E-state index contributed by atoms with van der Waals surface area (Å²) in [6, 6.07) is 0. The molecule has 1 saturated heterocycles. The summed E-state index contributed by atoms with van der Waals surface area (Å²) >= 11 is 0. The predicted molar refractivity (Wildman–Crippen MR) is 60.6 cm³/mol. The van der Waals surface area contributed by atoms with E-state index < -0.39 is 0 Å². The molecule has 0 aromatic carbocycles. The average Bonchev–Trinajstić information content (AvgIpc) is 2.25. The largest absolute Gasteiger partial charge is 0.465 e. The Morgan fingerprint density at radius 3 is 2.67 bits per heavy atom. The normalized spacial score (nSPS) is 18.1. The molecule has 15 heavy (non-hydrogen) atoms. The second-order valence-corrected chi connectivity index (χ2v) is 4.73. The smallest absolute Gasteiger partial charge is 0.309 e. The Kier molecular flexibility index (Phi) is 5.69. The highest BCUT2D eigenvalue weighted by atomic mass is 16.5. The van der Waals surface area contributed by atoms with Crippen molar-refractivity contribution in [3.05, 3.63) is 0 Å². The Morgan fingerprint density at radius 1 is 1.40 bits per heavy atom. The molecular weight excluding hydrogens is 190 g/mol. The highest BCUT2D eigenvalue weighted by Crippen LogP contribution is 2.13. The minimum absolute atomic E-state index is 0.0141. The molecule has 1 heterocycles. The molecule has 0 radical (unpaired) electrons. The molecule has 0 unspecified atom stereocenters. The monoisotopic (exact) mass is 213 g/mol. The standard InChI is InChI=1S/C12H23NO2/c1-10(2)4-3-9-15-12(14)11-5-7-13-8-6-11/h10-11,13H,3-9H2,1-2H3. The highest BCUT2D eigenvalue weighted by Gasteiger charge is 2.21. The molecule has 0 saturated carbocycles. The maximum atomic E-state index is 11.6. The summed E-state index contributed by atoms with van der Waals surface area (Å²) in [6.07, 6.45) is 4.00. The quantitative estimate of drug-likeness (QED) is 0.560. The number of rotatable bonds is 5. The first kappa shape index (κ1) is 12.5. The van der Waals surface area contributed by atoms with E-state index in [4.69, 9.17) is 4.74 Å². The molecule has 0 amide bonds. The van der Waals surface area contributed by atoms with Crippen LogP contribution in [0, 0.1) is 11.8 Å². The van der Waals surface area contributed by atoms with Crippen molar-refractivity contribution < 1.29 is 9.53 Å². The van der Waals surface area contributed by atoms with Crippen LogP contribution in [0.3, 0.4) is 0 Å². The molecule has 0 aliphatic carbocycles. The van der Waals surface area contributed by atoms with E-state index >= 15 is 0 Å². The van der Waals surface area contributed by atoms with Gasteiger partial charge < -0.3 is 10.1 Å². The van der Waals surface area contributed by atoms with E-state index in [0.717, 1.165) is 38.8 Å². The molecule has 88 valence electrons. The number of esters is 1. The van der Waals surface area contributed by atoms with Gasteiger partial charge in [-0.05, 0) is 44.7 Å². The van der Waals surface area contributed by atoms with Crippen molar-refractivity contribution in [1.82, 2.24) is 5.32 Å². The van der Waals surface area contributed by atoms with Gasteiger partial charge >= 0.3 is 5.97 Å². The highest BCUT2D eigenvalue weighted by molar-refractivity contribution is 5.72. The van der Waals surface area contributed by atoms with Gasteiger partial charge in [-0.1, -0.05) is 13.8 Å². The predicted octanol–water partition coefficient (Wildman–Crippen LogP) is 1.97. The number of carbonyl (C=O) groups excluding carboxylic acids is 1. The van der Waals surface area contributed by atoms with Gasteiger partial charge in [0.05, 0.1) is 12.5 Å². The minimum atomic E-state index is 0.0141. The summed E-state index contributed by atoms with van der Waals surface area (Å²) in [6.45, 7) is 6.88. The van der Waals surface area contributed by atoms with Crippen LogP contribution in [0.4, 0.5) is 0 Å². The summed E-state index contributed by atoms with van der Waals surface area (Å²) in [4.78, 5) is 11.6. The first-order chi connectivity index (χ1) is 7.20. The van der Waals surface area contributed by atoms with E-state index in [-0.39, 0.29) is 11.9 Å². The summed E-state index contributed by atoms with van der Waals surface area (Å²) in [5.41, 5.74) is 0. The molecule has 1 rings (SSSR count). The number of carbonyl (C=O) groups is 1. The lowest BCUT2D eigenvalue weighted by Crippen LogP contribution is -2.32. The van der Waals surface area contributed by atoms with E-state index in [1.165, 1.54) is 0 Å². The minimum Gasteiger partial charge on any atom is -0.465 e. The van der Waals surface area contributed by atoms with Crippen LogP contribution in [0.5, 0.6) is 0 Å².